The molecule has 1 heterocycles. The van der Waals surface area contributed by atoms with Gasteiger partial charge in [-0.2, -0.15) is 13.2 Å². The zero-order chi connectivity index (χ0) is 26.5. The molecule has 1 amide bonds. The molecule has 0 fully saturated rings. The molecule has 1 atom stereocenters. The molecule has 0 aliphatic rings. The van der Waals surface area contributed by atoms with Crippen molar-refractivity contribution in [2.45, 2.75) is 31.5 Å². The fourth-order valence-corrected chi connectivity index (χ4v) is 3.43. The van der Waals surface area contributed by atoms with Crippen LogP contribution in [0.1, 0.15) is 63.0 Å². The molecule has 8 nitrogen and oxygen atoms in total. The Morgan fingerprint density at radius 2 is 1.58 bits per heavy atom. The quantitative estimate of drug-likeness (QED) is 0.358. The van der Waals surface area contributed by atoms with Gasteiger partial charge in [-0.1, -0.05) is 35.9 Å². The van der Waals surface area contributed by atoms with Crippen molar-refractivity contribution in [1.82, 2.24) is 15.3 Å². The van der Waals surface area contributed by atoms with Crippen LogP contribution in [-0.2, 0) is 11.0 Å². The summed E-state index contributed by atoms with van der Waals surface area (Å²) in [6.07, 6.45) is -3.97. The number of ketones is 1. The van der Waals surface area contributed by atoms with Crippen LogP contribution < -0.4 is 10.9 Å². The van der Waals surface area contributed by atoms with E-state index >= 15 is 0 Å². The molecule has 0 bridgehead atoms. The van der Waals surface area contributed by atoms with Gasteiger partial charge >= 0.3 is 12.1 Å². The summed E-state index contributed by atoms with van der Waals surface area (Å²) in [6, 6.07) is 9.48. The van der Waals surface area contributed by atoms with Crippen LogP contribution in [0, 0.1) is 0 Å². The van der Waals surface area contributed by atoms with E-state index in [0.717, 1.165) is 18.3 Å². The number of aromatic nitrogens is 2. The maximum atomic E-state index is 13.0. The first-order valence-electron chi connectivity index (χ1n) is 10.5. The minimum atomic E-state index is -4.54. The molecule has 188 valence electrons. The van der Waals surface area contributed by atoms with E-state index in [1.807, 2.05) is 0 Å². The highest BCUT2D eigenvalue weighted by Gasteiger charge is 2.30. The zero-order valence-electron chi connectivity index (χ0n) is 18.4. The number of hydrogen-bond acceptors (Lipinski definition) is 5. The lowest BCUT2D eigenvalue weighted by Gasteiger charge is -2.20. The summed E-state index contributed by atoms with van der Waals surface area (Å²) in [7, 11) is 0. The first-order chi connectivity index (χ1) is 17.0. The van der Waals surface area contributed by atoms with Crippen LogP contribution in [-0.4, -0.2) is 32.7 Å². The molecule has 0 aliphatic heterocycles. The number of hydrogen-bond donors (Lipinski definition) is 3. The Balaban J connectivity index is 1.85. The van der Waals surface area contributed by atoms with Crippen LogP contribution in [0.5, 0.6) is 0 Å². The topological polar surface area (TPSA) is 129 Å². The Labute approximate surface area is 207 Å². The molecule has 2 aromatic carbocycles. The number of aromatic amines is 1. The van der Waals surface area contributed by atoms with Crippen LogP contribution in [0.2, 0.25) is 5.02 Å². The van der Waals surface area contributed by atoms with E-state index in [1.165, 1.54) is 12.1 Å². The number of nitrogens with zero attached hydrogens (tertiary/aromatic N) is 1. The van der Waals surface area contributed by atoms with Crippen LogP contribution in [0.3, 0.4) is 0 Å². The maximum Gasteiger partial charge on any atom is 0.416 e. The fraction of sp³-hybridized carbons (Fsp3) is 0.208. The number of aliphatic carboxylic acids is 1. The molecule has 0 radical (unpaired) electrons. The van der Waals surface area contributed by atoms with Gasteiger partial charge in [0.15, 0.2) is 11.6 Å². The highest BCUT2D eigenvalue weighted by Crippen LogP contribution is 2.31. The highest BCUT2D eigenvalue weighted by molar-refractivity contribution is 6.30. The van der Waals surface area contributed by atoms with Gasteiger partial charge in [-0.15, -0.1) is 0 Å². The molecule has 3 N–H and O–H groups in total. The third kappa shape index (κ3) is 6.79. The summed E-state index contributed by atoms with van der Waals surface area (Å²) < 4.78 is 38.9. The molecule has 36 heavy (non-hydrogen) atoms. The van der Waals surface area contributed by atoms with Crippen molar-refractivity contribution in [2.75, 3.05) is 0 Å². The standard InChI is InChI=1S/C24H19ClF3N3O5/c25-16-10-6-14(7-11-16)20(13-4-8-15(9-5-13)24(26,27)28)30-22(35)17-12-29-21(31-23(17)36)18(32)2-1-3-19(33)34/h4-12,20H,1-3H2,(H,30,35)(H,33,34)(H,29,31,36). The van der Waals surface area contributed by atoms with Gasteiger partial charge in [0.25, 0.3) is 11.5 Å². The number of carboxylic acid groups (broad SMARTS) is 1. The predicted octanol–water partition coefficient (Wildman–Crippen LogP) is 4.40. The van der Waals surface area contributed by atoms with E-state index in [1.54, 1.807) is 24.3 Å². The second kappa shape index (κ2) is 11.2. The van der Waals surface area contributed by atoms with Crippen molar-refractivity contribution < 1.29 is 32.7 Å². The number of amides is 1. The van der Waals surface area contributed by atoms with Gasteiger partial charge in [0.2, 0.25) is 0 Å². The lowest BCUT2D eigenvalue weighted by Crippen LogP contribution is -2.34. The number of carbonyl (C=O) groups is 3. The normalized spacial score (nSPS) is 12.1. The number of nitrogens with one attached hydrogen (secondary N) is 2. The van der Waals surface area contributed by atoms with E-state index in [2.05, 4.69) is 15.3 Å². The van der Waals surface area contributed by atoms with Crippen LogP contribution in [0.25, 0.3) is 0 Å². The Hall–Kier alpha value is -3.99. The number of H-pyrrole nitrogens is 1. The monoisotopic (exact) mass is 521 g/mol. The molecule has 12 heteroatoms. The van der Waals surface area contributed by atoms with Crippen LogP contribution in [0.15, 0.2) is 59.5 Å². The van der Waals surface area contributed by atoms with Crippen LogP contribution in [0.4, 0.5) is 13.2 Å². The number of rotatable bonds is 9. The summed E-state index contributed by atoms with van der Waals surface area (Å²) in [4.78, 5) is 54.1. The van der Waals surface area contributed by atoms with Gasteiger partial charge in [0.1, 0.15) is 5.56 Å². The SMILES string of the molecule is O=C(O)CCCC(=O)c1ncc(C(=O)NC(c2ccc(Cl)cc2)c2ccc(C(F)(F)F)cc2)c(=O)[nH]1. The second-order valence-electron chi connectivity index (χ2n) is 7.72. The Kier molecular flexibility index (Phi) is 8.25. The first kappa shape index (κ1) is 26.6. The molecule has 3 rings (SSSR count). The van der Waals surface area contributed by atoms with Crippen molar-refractivity contribution in [3.05, 3.63) is 98.2 Å². The number of halogens is 4. The third-order valence-electron chi connectivity index (χ3n) is 5.15. The third-order valence-corrected chi connectivity index (χ3v) is 5.40. The molecule has 0 aliphatic carbocycles. The minimum absolute atomic E-state index is 0.0516. The van der Waals surface area contributed by atoms with Crippen molar-refractivity contribution in [3.8, 4) is 0 Å². The van der Waals surface area contributed by atoms with Gasteiger partial charge in [0.05, 0.1) is 11.6 Å². The molecule has 0 saturated heterocycles. The lowest BCUT2D eigenvalue weighted by atomic mass is 9.97. The van der Waals surface area contributed by atoms with E-state index in [9.17, 15) is 32.3 Å². The van der Waals surface area contributed by atoms with E-state index in [4.69, 9.17) is 16.7 Å². The number of benzene rings is 2. The van der Waals surface area contributed by atoms with Gasteiger partial charge in [-0.05, 0) is 41.8 Å². The predicted molar refractivity (Wildman–Crippen MR) is 123 cm³/mol. The summed E-state index contributed by atoms with van der Waals surface area (Å²) in [5.74, 6) is -2.86. The number of carbonyl (C=O) groups excluding carboxylic acids is 2. The Bertz CT molecular complexity index is 1320. The fourth-order valence-electron chi connectivity index (χ4n) is 3.30. The average molecular weight is 522 g/mol. The molecule has 1 aromatic heterocycles. The lowest BCUT2D eigenvalue weighted by molar-refractivity contribution is -0.138. The number of alkyl halides is 3. The van der Waals surface area contributed by atoms with Crippen molar-refractivity contribution >= 4 is 29.3 Å². The van der Waals surface area contributed by atoms with Gasteiger partial charge in [-0.25, -0.2) is 4.98 Å². The molecule has 1 unspecified atom stereocenters. The van der Waals surface area contributed by atoms with Crippen molar-refractivity contribution in [3.63, 3.8) is 0 Å². The van der Waals surface area contributed by atoms with Gasteiger partial charge in [0, 0.05) is 24.1 Å². The summed E-state index contributed by atoms with van der Waals surface area (Å²) in [5.41, 5.74) is -1.40. The summed E-state index contributed by atoms with van der Waals surface area (Å²) >= 11 is 5.92. The minimum Gasteiger partial charge on any atom is -0.481 e. The molecular formula is C24H19ClF3N3O5. The number of carboxylic acids is 1. The van der Waals surface area contributed by atoms with Crippen molar-refractivity contribution in [2.24, 2.45) is 0 Å². The van der Waals surface area contributed by atoms with Crippen molar-refractivity contribution in [1.29, 1.82) is 0 Å². The number of Topliss-reactive ketones (excluding diaryl/α,β-unsaturated/α-hetero) is 1. The summed E-state index contributed by atoms with van der Waals surface area (Å²) in [6.45, 7) is 0. The van der Waals surface area contributed by atoms with Gasteiger partial charge in [-0.3, -0.25) is 19.2 Å². The molecule has 3 aromatic rings. The molecular weight excluding hydrogens is 503 g/mol. The molecule has 0 saturated carbocycles. The second-order valence-corrected chi connectivity index (χ2v) is 8.16. The van der Waals surface area contributed by atoms with E-state index < -0.39 is 46.6 Å². The molecule has 0 spiro atoms. The average Bonchev–Trinajstić information content (AvgIpc) is 2.82. The smallest absolute Gasteiger partial charge is 0.416 e. The largest absolute Gasteiger partial charge is 0.481 e. The maximum absolute atomic E-state index is 13.0. The first-order valence-corrected chi connectivity index (χ1v) is 10.9. The Morgan fingerprint density at radius 3 is 2.11 bits per heavy atom. The Morgan fingerprint density at radius 1 is 1.00 bits per heavy atom. The van der Waals surface area contributed by atoms with Gasteiger partial charge < -0.3 is 15.4 Å². The van der Waals surface area contributed by atoms with E-state index in [0.29, 0.717) is 16.1 Å². The highest BCUT2D eigenvalue weighted by atomic mass is 35.5. The summed E-state index contributed by atoms with van der Waals surface area (Å²) in [5, 5.41) is 11.7. The van der Waals surface area contributed by atoms with E-state index in [-0.39, 0.29) is 25.1 Å². The van der Waals surface area contributed by atoms with Crippen LogP contribution >= 0.6 is 11.6 Å². The zero-order valence-corrected chi connectivity index (χ0v) is 19.2.